The minimum Gasteiger partial charge on any atom is -0.505 e. The molecule has 0 bridgehead atoms. The molecule has 1 heterocycles. The number of hydrogen-bond acceptors (Lipinski definition) is 5. The number of ketones is 1. The number of carbonyl (C=O) groups excluding carboxylic acids is 1. The molecule has 4 N–H and O–H groups in total. The van der Waals surface area contributed by atoms with Gasteiger partial charge in [-0.05, 0) is 50.9 Å². The van der Waals surface area contributed by atoms with Crippen LogP contribution in [0.5, 0.6) is 11.6 Å². The number of nitrogens with zero attached hydrogens (tertiary/aromatic N) is 1. The second-order valence-electron chi connectivity index (χ2n) is 10.3. The number of hydrogen-bond donors (Lipinski definition) is 4. The van der Waals surface area contributed by atoms with Gasteiger partial charge in [0.05, 0.1) is 18.4 Å². The molecule has 0 aromatic carbocycles. The van der Waals surface area contributed by atoms with Crippen molar-refractivity contribution in [2.75, 3.05) is 0 Å². The Morgan fingerprint density at radius 1 is 1.30 bits per heavy atom. The summed E-state index contributed by atoms with van der Waals surface area (Å²) in [4.78, 5) is 14.2. The molecule has 0 radical (unpaired) electrons. The van der Waals surface area contributed by atoms with Gasteiger partial charge in [-0.2, -0.15) is 0 Å². The maximum Gasteiger partial charge on any atom is 0.206 e. The molecule has 0 spiro atoms. The number of rotatable bonds is 7. The van der Waals surface area contributed by atoms with Crippen LogP contribution in [0.25, 0.3) is 0 Å². The van der Waals surface area contributed by atoms with E-state index in [2.05, 4.69) is 19.9 Å². The Morgan fingerprint density at radius 3 is 2.61 bits per heavy atom. The van der Waals surface area contributed by atoms with Crippen molar-refractivity contribution in [1.29, 1.82) is 0 Å². The van der Waals surface area contributed by atoms with Gasteiger partial charge >= 0.3 is 0 Å². The summed E-state index contributed by atoms with van der Waals surface area (Å²) in [6.07, 6.45) is 13.2. The molecular weight excluding hydrogens is 418 g/mol. The summed E-state index contributed by atoms with van der Waals surface area (Å²) in [5.41, 5.74) is 0.281. The maximum atomic E-state index is 14.2. The third-order valence-corrected chi connectivity index (χ3v) is 7.90. The van der Waals surface area contributed by atoms with E-state index in [0.717, 1.165) is 24.8 Å². The Morgan fingerprint density at radius 2 is 2.00 bits per heavy atom. The van der Waals surface area contributed by atoms with Crippen molar-refractivity contribution in [3.8, 4) is 11.6 Å². The van der Waals surface area contributed by atoms with Crippen LogP contribution in [-0.2, 0) is 13.7 Å². The Balaban J connectivity index is 2.10. The first-order valence-electron chi connectivity index (χ1n) is 12.0. The number of aliphatic hydroxyl groups is 2. The van der Waals surface area contributed by atoms with E-state index in [-0.39, 0.29) is 46.4 Å². The molecule has 0 amide bonds. The zero-order valence-corrected chi connectivity index (χ0v) is 20.5. The summed E-state index contributed by atoms with van der Waals surface area (Å²) in [7, 11) is 1.53. The number of aliphatic hydroxyl groups excluding tert-OH is 2. The van der Waals surface area contributed by atoms with Crippen molar-refractivity contribution in [3.05, 3.63) is 47.2 Å². The first kappa shape index (κ1) is 25.3. The van der Waals surface area contributed by atoms with Gasteiger partial charge in [0.2, 0.25) is 5.88 Å². The van der Waals surface area contributed by atoms with Crippen molar-refractivity contribution in [2.45, 2.75) is 66.1 Å². The highest BCUT2D eigenvalue weighted by molar-refractivity contribution is 6.06. The molecule has 1 fully saturated rings. The molecular formula is C27H39NO5. The summed E-state index contributed by atoms with van der Waals surface area (Å²) in [5.74, 6) is -0.197. The van der Waals surface area contributed by atoms with E-state index in [1.807, 2.05) is 31.2 Å². The molecule has 1 aromatic rings. The molecule has 0 saturated heterocycles. The summed E-state index contributed by atoms with van der Waals surface area (Å²) in [6.45, 7) is 7.54. The number of aromatic hydroxyl groups is 2. The van der Waals surface area contributed by atoms with E-state index in [4.69, 9.17) is 0 Å². The quantitative estimate of drug-likeness (QED) is 0.272. The number of Topliss-reactive ketones (excluding diaryl/α,β-unsaturated/α-hetero) is 1. The number of aromatic nitrogens is 1. The predicted molar refractivity (Wildman–Crippen MR) is 129 cm³/mol. The lowest BCUT2D eigenvalue weighted by atomic mass is 9.51. The zero-order chi connectivity index (χ0) is 24.5. The van der Waals surface area contributed by atoms with E-state index >= 15 is 0 Å². The third-order valence-electron chi connectivity index (χ3n) is 7.90. The minimum atomic E-state index is -0.860. The van der Waals surface area contributed by atoms with Crippen LogP contribution in [0, 0.1) is 29.1 Å². The van der Waals surface area contributed by atoms with Gasteiger partial charge in [0, 0.05) is 18.4 Å². The third kappa shape index (κ3) is 4.56. The van der Waals surface area contributed by atoms with Gasteiger partial charge in [0.1, 0.15) is 5.56 Å². The van der Waals surface area contributed by atoms with Crippen LogP contribution in [0.4, 0.5) is 0 Å². The van der Waals surface area contributed by atoms with Crippen molar-refractivity contribution in [1.82, 2.24) is 4.57 Å². The van der Waals surface area contributed by atoms with Gasteiger partial charge in [-0.15, -0.1) is 0 Å². The fourth-order valence-electron chi connectivity index (χ4n) is 6.05. The molecule has 1 saturated carbocycles. The minimum absolute atomic E-state index is 0.0811. The fraction of sp³-hybridized carbons (Fsp3) is 0.593. The van der Waals surface area contributed by atoms with E-state index in [0.29, 0.717) is 12.3 Å². The van der Waals surface area contributed by atoms with Crippen molar-refractivity contribution < 1.29 is 25.2 Å². The van der Waals surface area contributed by atoms with Crippen molar-refractivity contribution >= 4 is 5.78 Å². The van der Waals surface area contributed by atoms with Gasteiger partial charge in [0.15, 0.2) is 11.5 Å². The lowest BCUT2D eigenvalue weighted by Crippen LogP contribution is -2.49. The van der Waals surface area contributed by atoms with E-state index < -0.39 is 18.1 Å². The van der Waals surface area contributed by atoms with Gasteiger partial charge in [-0.25, -0.2) is 0 Å². The van der Waals surface area contributed by atoms with Gasteiger partial charge in [-0.1, -0.05) is 56.2 Å². The maximum absolute atomic E-state index is 14.2. The Kier molecular flexibility index (Phi) is 7.59. The van der Waals surface area contributed by atoms with Crippen LogP contribution in [-0.4, -0.2) is 36.9 Å². The first-order valence-corrected chi connectivity index (χ1v) is 12.0. The fourth-order valence-corrected chi connectivity index (χ4v) is 6.05. The molecule has 6 nitrogen and oxygen atoms in total. The van der Waals surface area contributed by atoms with Crippen LogP contribution in [0.1, 0.15) is 69.4 Å². The normalized spacial score (nSPS) is 31.1. The van der Waals surface area contributed by atoms with Crippen molar-refractivity contribution in [2.24, 2.45) is 36.1 Å². The number of carbonyl (C=O) groups is 1. The second kappa shape index (κ2) is 9.90. The van der Waals surface area contributed by atoms with E-state index in [1.54, 1.807) is 6.92 Å². The number of allylic oxidation sites excluding steroid dienone is 5. The van der Waals surface area contributed by atoms with Gasteiger partial charge in [0.25, 0.3) is 0 Å². The zero-order valence-electron chi connectivity index (χ0n) is 20.5. The summed E-state index contributed by atoms with van der Waals surface area (Å²) >= 11 is 0. The predicted octanol–water partition coefficient (Wildman–Crippen LogP) is 4.63. The molecule has 6 atom stereocenters. The molecule has 2 aliphatic carbocycles. The van der Waals surface area contributed by atoms with Crippen LogP contribution in [0.15, 0.2) is 36.0 Å². The molecule has 2 aliphatic rings. The van der Waals surface area contributed by atoms with Crippen LogP contribution >= 0.6 is 0 Å². The molecule has 0 aliphatic heterocycles. The monoisotopic (exact) mass is 457 g/mol. The lowest BCUT2D eigenvalue weighted by molar-refractivity contribution is 0.0326. The molecule has 1 aromatic heterocycles. The molecule has 33 heavy (non-hydrogen) atoms. The highest BCUT2D eigenvalue weighted by atomic mass is 16.3. The first-order chi connectivity index (χ1) is 15.5. The van der Waals surface area contributed by atoms with Crippen LogP contribution < -0.4 is 0 Å². The molecule has 3 rings (SSSR count). The highest BCUT2D eigenvalue weighted by Gasteiger charge is 2.54. The van der Waals surface area contributed by atoms with E-state index in [1.165, 1.54) is 11.6 Å². The van der Waals surface area contributed by atoms with Gasteiger partial charge < -0.3 is 25.0 Å². The summed E-state index contributed by atoms with van der Waals surface area (Å²) < 4.78 is 1.28. The van der Waals surface area contributed by atoms with Crippen LogP contribution in [0.3, 0.4) is 0 Å². The Hall–Kier alpha value is -2.31. The topological polar surface area (TPSA) is 103 Å². The summed E-state index contributed by atoms with van der Waals surface area (Å²) in [6, 6.07) is 0. The molecule has 0 unspecified atom stereocenters. The lowest BCUT2D eigenvalue weighted by Gasteiger charge is -2.51. The standard InChI is InChI=1S/C27H39NO5/c1-16-11-12-21-19(13-16)14-17(2)20(10-8-6-7-9-18(3)30)27(21,4)25(32)23-24(31)22(15-29)28(5)26(23)33/h6-8,10,14,16,18-21,29-31,33H,9,11-13,15H2,1-5H3/b7-6+,10-8+/t16-,18+,19+,20-,21+,27-/m1/s1. The highest BCUT2D eigenvalue weighted by Crippen LogP contribution is 2.57. The van der Waals surface area contributed by atoms with Crippen LogP contribution in [0.2, 0.25) is 0 Å². The number of fused-ring (bicyclic) bond motifs is 1. The Bertz CT molecular complexity index is 970. The Labute approximate surface area is 197 Å². The molecule has 182 valence electrons. The average molecular weight is 458 g/mol. The van der Waals surface area contributed by atoms with Gasteiger partial charge in [-0.3, -0.25) is 4.79 Å². The van der Waals surface area contributed by atoms with Crippen molar-refractivity contribution in [3.63, 3.8) is 0 Å². The summed E-state index contributed by atoms with van der Waals surface area (Å²) in [5, 5.41) is 40.6. The second-order valence-corrected chi connectivity index (χ2v) is 10.3. The van der Waals surface area contributed by atoms with E-state index in [9.17, 15) is 25.2 Å². The SMILES string of the molecule is CC1=C[C@@H]2C[C@H](C)CC[C@@H]2[C@](C)(C(=O)c2c(O)c(CO)n(C)c2O)[C@@H]1/C=C/C=C/C[C@H](C)O. The average Bonchev–Trinajstić information content (AvgIpc) is 2.96. The molecule has 6 heteroatoms. The largest absolute Gasteiger partial charge is 0.505 e. The smallest absolute Gasteiger partial charge is 0.206 e.